The monoisotopic (exact) mass is 184 g/mol. The number of carbonyl (C=O) groups is 1. The first kappa shape index (κ1) is 12.7. The molecular weight excluding hydrogens is 160 g/mol. The lowest BCUT2D eigenvalue weighted by atomic mass is 9.89. The van der Waals surface area contributed by atoms with Gasteiger partial charge in [-0.2, -0.15) is 0 Å². The first-order valence-corrected chi connectivity index (χ1v) is 5.64. The molecule has 0 amide bonds. The Kier molecular flexibility index (Phi) is 8.07. The first-order chi connectivity index (χ1) is 6.20. The zero-order valence-corrected chi connectivity index (χ0v) is 9.38. The van der Waals surface area contributed by atoms with Crippen molar-refractivity contribution in [2.24, 2.45) is 11.8 Å². The Labute approximate surface area is 82.9 Å². The lowest BCUT2D eigenvalue weighted by Crippen LogP contribution is -2.04. The predicted octanol–water partition coefficient (Wildman–Crippen LogP) is 3.82. The van der Waals surface area contributed by atoms with Crippen LogP contribution >= 0.6 is 0 Å². The maximum atomic E-state index is 10.2. The molecule has 0 aromatic carbocycles. The third-order valence-electron chi connectivity index (χ3n) is 2.44. The SMILES string of the molecule is CCCC(CCCC=O)CC(C)C. The summed E-state index contributed by atoms with van der Waals surface area (Å²) in [5.74, 6) is 1.65. The highest BCUT2D eigenvalue weighted by atomic mass is 16.1. The van der Waals surface area contributed by atoms with Crippen molar-refractivity contribution in [1.29, 1.82) is 0 Å². The van der Waals surface area contributed by atoms with Gasteiger partial charge < -0.3 is 4.79 Å². The van der Waals surface area contributed by atoms with Crippen molar-refractivity contribution in [2.45, 2.75) is 59.3 Å². The summed E-state index contributed by atoms with van der Waals surface area (Å²) >= 11 is 0. The second kappa shape index (κ2) is 8.28. The van der Waals surface area contributed by atoms with Gasteiger partial charge in [0.2, 0.25) is 0 Å². The Morgan fingerprint density at radius 3 is 2.38 bits per heavy atom. The topological polar surface area (TPSA) is 17.1 Å². The fourth-order valence-electron chi connectivity index (χ4n) is 1.94. The van der Waals surface area contributed by atoms with E-state index in [2.05, 4.69) is 20.8 Å². The van der Waals surface area contributed by atoms with E-state index in [1.807, 2.05) is 0 Å². The highest BCUT2D eigenvalue weighted by Gasteiger charge is 2.09. The first-order valence-electron chi connectivity index (χ1n) is 5.64. The fraction of sp³-hybridized carbons (Fsp3) is 0.917. The summed E-state index contributed by atoms with van der Waals surface area (Å²) in [6.07, 6.45) is 8.05. The van der Waals surface area contributed by atoms with Gasteiger partial charge in [0.1, 0.15) is 6.29 Å². The van der Waals surface area contributed by atoms with Crippen LogP contribution in [0.3, 0.4) is 0 Å². The molecule has 0 bridgehead atoms. The summed E-state index contributed by atoms with van der Waals surface area (Å²) in [6.45, 7) is 6.80. The number of hydrogen-bond acceptors (Lipinski definition) is 1. The van der Waals surface area contributed by atoms with Gasteiger partial charge in [-0.25, -0.2) is 0 Å². The Balaban J connectivity index is 3.59. The van der Waals surface area contributed by atoms with Crippen molar-refractivity contribution in [3.8, 4) is 0 Å². The summed E-state index contributed by atoms with van der Waals surface area (Å²) in [5, 5.41) is 0. The van der Waals surface area contributed by atoms with Gasteiger partial charge in [-0.05, 0) is 24.7 Å². The number of carbonyl (C=O) groups excluding carboxylic acids is 1. The largest absolute Gasteiger partial charge is 0.303 e. The molecule has 0 fully saturated rings. The molecule has 0 aromatic heterocycles. The summed E-state index contributed by atoms with van der Waals surface area (Å²) in [4.78, 5) is 10.2. The fourth-order valence-corrected chi connectivity index (χ4v) is 1.94. The van der Waals surface area contributed by atoms with Crippen LogP contribution in [0.15, 0.2) is 0 Å². The third-order valence-corrected chi connectivity index (χ3v) is 2.44. The number of rotatable bonds is 8. The van der Waals surface area contributed by atoms with Crippen molar-refractivity contribution in [3.63, 3.8) is 0 Å². The Morgan fingerprint density at radius 2 is 1.92 bits per heavy atom. The van der Waals surface area contributed by atoms with Crippen molar-refractivity contribution in [1.82, 2.24) is 0 Å². The molecular formula is C12H24O. The van der Waals surface area contributed by atoms with Crippen LogP contribution in [-0.4, -0.2) is 6.29 Å². The lowest BCUT2D eigenvalue weighted by molar-refractivity contribution is -0.108. The predicted molar refractivity (Wildman–Crippen MR) is 57.8 cm³/mol. The number of unbranched alkanes of at least 4 members (excludes halogenated alkanes) is 1. The molecule has 1 unspecified atom stereocenters. The summed E-state index contributed by atoms with van der Waals surface area (Å²) in [7, 11) is 0. The van der Waals surface area contributed by atoms with E-state index in [0.717, 1.165) is 31.0 Å². The van der Waals surface area contributed by atoms with E-state index < -0.39 is 0 Å². The van der Waals surface area contributed by atoms with Crippen LogP contribution in [0.1, 0.15) is 59.3 Å². The maximum absolute atomic E-state index is 10.2. The van der Waals surface area contributed by atoms with Gasteiger partial charge in [0.15, 0.2) is 0 Å². The highest BCUT2D eigenvalue weighted by molar-refractivity contribution is 5.48. The Morgan fingerprint density at radius 1 is 1.23 bits per heavy atom. The van der Waals surface area contributed by atoms with Crippen LogP contribution in [-0.2, 0) is 4.79 Å². The number of hydrogen-bond donors (Lipinski definition) is 0. The van der Waals surface area contributed by atoms with Crippen LogP contribution in [0.4, 0.5) is 0 Å². The molecule has 78 valence electrons. The van der Waals surface area contributed by atoms with E-state index >= 15 is 0 Å². The smallest absolute Gasteiger partial charge is 0.119 e. The molecule has 0 aromatic rings. The Bertz CT molecular complexity index is 118. The van der Waals surface area contributed by atoms with Crippen molar-refractivity contribution < 1.29 is 4.79 Å². The van der Waals surface area contributed by atoms with E-state index in [-0.39, 0.29) is 0 Å². The molecule has 0 rings (SSSR count). The zero-order valence-electron chi connectivity index (χ0n) is 9.38. The third kappa shape index (κ3) is 8.01. The van der Waals surface area contributed by atoms with E-state index in [1.54, 1.807) is 0 Å². The summed E-state index contributed by atoms with van der Waals surface area (Å²) in [5.41, 5.74) is 0. The molecule has 0 radical (unpaired) electrons. The molecule has 13 heavy (non-hydrogen) atoms. The van der Waals surface area contributed by atoms with Gasteiger partial charge in [-0.3, -0.25) is 0 Å². The molecule has 1 atom stereocenters. The van der Waals surface area contributed by atoms with Gasteiger partial charge in [0, 0.05) is 6.42 Å². The van der Waals surface area contributed by atoms with Crippen LogP contribution < -0.4 is 0 Å². The van der Waals surface area contributed by atoms with Crippen LogP contribution in [0.25, 0.3) is 0 Å². The molecule has 0 saturated heterocycles. The second-order valence-corrected chi connectivity index (χ2v) is 4.38. The van der Waals surface area contributed by atoms with Crippen LogP contribution in [0.2, 0.25) is 0 Å². The average Bonchev–Trinajstić information content (AvgIpc) is 2.04. The molecule has 1 heteroatoms. The minimum atomic E-state index is 0.748. The molecule has 0 aliphatic carbocycles. The maximum Gasteiger partial charge on any atom is 0.119 e. The Hall–Kier alpha value is -0.330. The zero-order chi connectivity index (χ0) is 10.1. The van der Waals surface area contributed by atoms with Gasteiger partial charge in [0.05, 0.1) is 0 Å². The van der Waals surface area contributed by atoms with E-state index in [0.29, 0.717) is 0 Å². The highest BCUT2D eigenvalue weighted by Crippen LogP contribution is 2.22. The summed E-state index contributed by atoms with van der Waals surface area (Å²) in [6, 6.07) is 0. The lowest BCUT2D eigenvalue weighted by Gasteiger charge is -2.17. The van der Waals surface area contributed by atoms with E-state index in [4.69, 9.17) is 0 Å². The molecule has 0 aliphatic heterocycles. The van der Waals surface area contributed by atoms with Gasteiger partial charge in [0.25, 0.3) is 0 Å². The van der Waals surface area contributed by atoms with E-state index in [1.165, 1.54) is 25.7 Å². The molecule has 0 aliphatic rings. The average molecular weight is 184 g/mol. The minimum absolute atomic E-state index is 0.748. The second-order valence-electron chi connectivity index (χ2n) is 4.38. The van der Waals surface area contributed by atoms with Crippen molar-refractivity contribution in [3.05, 3.63) is 0 Å². The number of aldehydes is 1. The molecule has 0 heterocycles. The molecule has 0 spiro atoms. The molecule has 1 nitrogen and oxygen atoms in total. The van der Waals surface area contributed by atoms with Gasteiger partial charge in [-0.15, -0.1) is 0 Å². The standard InChI is InChI=1S/C12H24O/c1-4-7-12(10-11(2)3)8-5-6-9-13/h9,11-12H,4-8,10H2,1-3H3. The van der Waals surface area contributed by atoms with Gasteiger partial charge >= 0.3 is 0 Å². The quantitative estimate of drug-likeness (QED) is 0.414. The molecule has 0 N–H and O–H groups in total. The van der Waals surface area contributed by atoms with Gasteiger partial charge in [-0.1, -0.05) is 40.0 Å². The minimum Gasteiger partial charge on any atom is -0.303 e. The van der Waals surface area contributed by atoms with E-state index in [9.17, 15) is 4.79 Å². The van der Waals surface area contributed by atoms with Crippen molar-refractivity contribution >= 4 is 6.29 Å². The van der Waals surface area contributed by atoms with Crippen LogP contribution in [0.5, 0.6) is 0 Å². The normalized spacial score (nSPS) is 13.2. The summed E-state index contributed by atoms with van der Waals surface area (Å²) < 4.78 is 0. The van der Waals surface area contributed by atoms with Crippen LogP contribution in [0, 0.1) is 11.8 Å². The molecule has 0 saturated carbocycles. The van der Waals surface area contributed by atoms with Crippen molar-refractivity contribution in [2.75, 3.05) is 0 Å².